The third-order valence-corrected chi connectivity index (χ3v) is 3.96. The van der Waals surface area contributed by atoms with Crippen molar-refractivity contribution in [2.45, 2.75) is 26.7 Å². The van der Waals surface area contributed by atoms with Gasteiger partial charge in [0.2, 0.25) is 5.89 Å². The third-order valence-electron chi connectivity index (χ3n) is 3.96. The molecule has 130 valence electrons. The normalized spacial score (nSPS) is 11.5. The molecule has 1 aromatic carbocycles. The van der Waals surface area contributed by atoms with Gasteiger partial charge in [0.1, 0.15) is 22.8 Å². The van der Waals surface area contributed by atoms with Gasteiger partial charge in [-0.2, -0.15) is 9.50 Å². The Balaban J connectivity index is 1.77. The van der Waals surface area contributed by atoms with E-state index in [1.165, 1.54) is 0 Å². The van der Waals surface area contributed by atoms with Crippen LogP contribution in [0, 0.1) is 6.92 Å². The van der Waals surface area contributed by atoms with Crippen LogP contribution in [0.4, 0.5) is 0 Å². The number of benzene rings is 1. The number of fused-ring (bicyclic) bond motifs is 2. The Bertz CT molecular complexity index is 996. The number of aromatic nitrogens is 3. The molecule has 0 bridgehead atoms. The molecular formula is C18H19N3O4. The number of hydrogen-bond donors (Lipinski definition) is 0. The minimum atomic E-state index is 0.435. The first-order valence-corrected chi connectivity index (χ1v) is 8.25. The number of imidazole rings is 1. The summed E-state index contributed by atoms with van der Waals surface area (Å²) in [5.41, 5.74) is 1.34. The van der Waals surface area contributed by atoms with Crippen molar-refractivity contribution in [1.82, 2.24) is 14.6 Å². The third kappa shape index (κ3) is 2.82. The molecule has 4 aromatic rings. The summed E-state index contributed by atoms with van der Waals surface area (Å²) < 4.78 is 24.2. The first-order chi connectivity index (χ1) is 12.2. The zero-order valence-corrected chi connectivity index (χ0v) is 14.4. The summed E-state index contributed by atoms with van der Waals surface area (Å²) >= 11 is 0. The number of nitrogens with zero attached hydrogens (tertiary/aromatic N) is 3. The van der Waals surface area contributed by atoms with Crippen LogP contribution in [0.25, 0.3) is 28.3 Å². The number of hydrogen-bond acceptors (Lipinski definition) is 6. The molecule has 0 fully saturated rings. The van der Waals surface area contributed by atoms with Crippen LogP contribution in [-0.4, -0.2) is 28.3 Å². The molecule has 0 N–H and O–H groups in total. The smallest absolute Gasteiger partial charge is 0.325 e. The minimum Gasteiger partial charge on any atom is -0.496 e. The highest BCUT2D eigenvalue weighted by Gasteiger charge is 2.16. The molecule has 0 aliphatic heterocycles. The highest BCUT2D eigenvalue weighted by Crippen LogP contribution is 2.36. The topological polar surface area (TPSA) is 74.9 Å². The van der Waals surface area contributed by atoms with Crippen molar-refractivity contribution in [3.05, 3.63) is 30.3 Å². The van der Waals surface area contributed by atoms with Crippen molar-refractivity contribution < 1.29 is 18.3 Å². The van der Waals surface area contributed by atoms with E-state index in [1.54, 1.807) is 24.7 Å². The van der Waals surface area contributed by atoms with Crippen molar-refractivity contribution in [1.29, 1.82) is 0 Å². The summed E-state index contributed by atoms with van der Waals surface area (Å²) in [5, 5.41) is 5.10. The molecule has 0 radical (unpaired) electrons. The number of unbranched alkanes of at least 4 members (excludes halogenated alkanes) is 1. The Morgan fingerprint density at radius 2 is 2.08 bits per heavy atom. The number of methoxy groups -OCH3 is 1. The fourth-order valence-electron chi connectivity index (χ4n) is 2.69. The van der Waals surface area contributed by atoms with E-state index >= 15 is 0 Å². The van der Waals surface area contributed by atoms with Crippen LogP contribution >= 0.6 is 0 Å². The summed E-state index contributed by atoms with van der Waals surface area (Å²) in [5.74, 6) is 3.06. The van der Waals surface area contributed by atoms with Crippen molar-refractivity contribution in [2.75, 3.05) is 13.7 Å². The van der Waals surface area contributed by atoms with E-state index in [9.17, 15) is 0 Å². The maximum atomic E-state index is 5.97. The fourth-order valence-corrected chi connectivity index (χ4v) is 2.69. The lowest BCUT2D eigenvalue weighted by atomic mass is 10.2. The van der Waals surface area contributed by atoms with Gasteiger partial charge in [-0.15, -0.1) is 5.10 Å². The zero-order chi connectivity index (χ0) is 17.4. The highest BCUT2D eigenvalue weighted by molar-refractivity contribution is 5.89. The summed E-state index contributed by atoms with van der Waals surface area (Å²) in [6, 6.07) is 5.64. The summed E-state index contributed by atoms with van der Waals surface area (Å²) in [6.45, 7) is 4.56. The van der Waals surface area contributed by atoms with Crippen LogP contribution < -0.4 is 9.47 Å². The van der Waals surface area contributed by atoms with E-state index in [4.69, 9.17) is 18.3 Å². The second-order valence-corrected chi connectivity index (χ2v) is 5.82. The van der Waals surface area contributed by atoms with Gasteiger partial charge in [-0.05, 0) is 12.5 Å². The average Bonchev–Trinajstić information content (AvgIpc) is 3.26. The van der Waals surface area contributed by atoms with Gasteiger partial charge in [-0.25, -0.2) is 0 Å². The van der Waals surface area contributed by atoms with Crippen LogP contribution in [0.1, 0.15) is 25.7 Å². The van der Waals surface area contributed by atoms with Crippen LogP contribution in [0.3, 0.4) is 0 Å². The molecule has 25 heavy (non-hydrogen) atoms. The van der Waals surface area contributed by atoms with Crippen molar-refractivity contribution in [3.8, 4) is 23.0 Å². The zero-order valence-electron chi connectivity index (χ0n) is 14.4. The lowest BCUT2D eigenvalue weighted by Crippen LogP contribution is -1.97. The van der Waals surface area contributed by atoms with Gasteiger partial charge in [0.05, 0.1) is 25.3 Å². The summed E-state index contributed by atoms with van der Waals surface area (Å²) in [4.78, 5) is 4.41. The molecule has 0 unspecified atom stereocenters. The SMILES string of the molecule is CCCCOc1cc(OC)cc2oc(-c3cn4nc(C)oc4n3)cc12. The molecule has 3 aromatic heterocycles. The highest BCUT2D eigenvalue weighted by atomic mass is 16.5. The van der Waals surface area contributed by atoms with Gasteiger partial charge in [-0.1, -0.05) is 13.3 Å². The van der Waals surface area contributed by atoms with Gasteiger partial charge >= 0.3 is 5.84 Å². The number of furan rings is 1. The second-order valence-electron chi connectivity index (χ2n) is 5.82. The van der Waals surface area contributed by atoms with Gasteiger partial charge < -0.3 is 18.3 Å². The van der Waals surface area contributed by atoms with Gasteiger partial charge in [0.25, 0.3) is 0 Å². The van der Waals surface area contributed by atoms with Crippen molar-refractivity contribution >= 4 is 16.8 Å². The molecule has 0 saturated heterocycles. The largest absolute Gasteiger partial charge is 0.496 e. The average molecular weight is 341 g/mol. The quantitative estimate of drug-likeness (QED) is 0.489. The van der Waals surface area contributed by atoms with Crippen LogP contribution in [-0.2, 0) is 0 Å². The first-order valence-electron chi connectivity index (χ1n) is 8.25. The maximum absolute atomic E-state index is 5.97. The molecular weight excluding hydrogens is 322 g/mol. The second kappa shape index (κ2) is 6.16. The Hall–Kier alpha value is -2.96. The van der Waals surface area contributed by atoms with Crippen molar-refractivity contribution in [2.24, 2.45) is 0 Å². The van der Waals surface area contributed by atoms with E-state index in [-0.39, 0.29) is 0 Å². The molecule has 0 aliphatic rings. The first kappa shape index (κ1) is 15.6. The summed E-state index contributed by atoms with van der Waals surface area (Å²) in [7, 11) is 1.62. The minimum absolute atomic E-state index is 0.435. The van der Waals surface area contributed by atoms with Crippen LogP contribution in [0.2, 0.25) is 0 Å². The molecule has 4 rings (SSSR count). The monoisotopic (exact) mass is 341 g/mol. The number of rotatable bonds is 6. The molecule has 0 atom stereocenters. The van der Waals surface area contributed by atoms with E-state index in [0.717, 1.165) is 24.0 Å². The summed E-state index contributed by atoms with van der Waals surface area (Å²) in [6.07, 6.45) is 3.84. The molecule has 0 aliphatic carbocycles. The van der Waals surface area contributed by atoms with Gasteiger partial charge in [-0.3, -0.25) is 0 Å². The molecule has 0 amide bonds. The van der Waals surface area contributed by atoms with Gasteiger partial charge in [0, 0.05) is 19.1 Å². The Kier molecular flexibility index (Phi) is 3.83. The Labute approximate surface area is 144 Å². The van der Waals surface area contributed by atoms with E-state index < -0.39 is 0 Å². The molecule has 3 heterocycles. The van der Waals surface area contributed by atoms with E-state index in [1.807, 2.05) is 18.2 Å². The van der Waals surface area contributed by atoms with Crippen molar-refractivity contribution in [3.63, 3.8) is 0 Å². The standard InChI is InChI=1S/C18H19N3O4/c1-4-5-6-23-15-7-12(22-3)8-16-13(15)9-17(25-16)14-10-21-18(19-14)24-11(2)20-21/h7-10H,4-6H2,1-3H3. The molecule has 0 saturated carbocycles. The Morgan fingerprint density at radius 1 is 1.20 bits per heavy atom. The number of ether oxygens (including phenoxy) is 2. The molecule has 7 heteroatoms. The van der Waals surface area contributed by atoms with E-state index in [2.05, 4.69) is 17.0 Å². The van der Waals surface area contributed by atoms with Crippen LogP contribution in [0.15, 0.2) is 33.2 Å². The van der Waals surface area contributed by atoms with Gasteiger partial charge in [0.15, 0.2) is 5.76 Å². The lowest BCUT2D eigenvalue weighted by molar-refractivity contribution is 0.310. The predicted molar refractivity (Wildman–Crippen MR) is 92.2 cm³/mol. The predicted octanol–water partition coefficient (Wildman–Crippen LogP) is 4.23. The molecule has 7 nitrogen and oxygen atoms in total. The molecule has 0 spiro atoms. The lowest BCUT2D eigenvalue weighted by Gasteiger charge is -2.08. The fraction of sp³-hybridized carbons (Fsp3) is 0.333. The number of aryl methyl sites for hydroxylation is 1. The Morgan fingerprint density at radius 3 is 2.84 bits per heavy atom. The maximum Gasteiger partial charge on any atom is 0.325 e. The van der Waals surface area contributed by atoms with E-state index in [0.29, 0.717) is 41.1 Å². The van der Waals surface area contributed by atoms with Crippen LogP contribution in [0.5, 0.6) is 11.5 Å².